The molecule has 1 N–H and O–H groups in total. The molecular weight excluding hydrogens is 256 g/mol. The number of methoxy groups -OCH3 is 1. The van der Waals surface area contributed by atoms with Crippen LogP contribution in [0.2, 0.25) is 0 Å². The summed E-state index contributed by atoms with van der Waals surface area (Å²) in [7, 11) is 3.58. The number of aromatic nitrogens is 1. The van der Waals surface area contributed by atoms with Crippen molar-refractivity contribution in [2.24, 2.45) is 0 Å². The highest BCUT2D eigenvalue weighted by Gasteiger charge is 2.11. The predicted octanol–water partition coefficient (Wildman–Crippen LogP) is 4.01. The third kappa shape index (κ3) is 2.15. The Morgan fingerprint density at radius 2 is 2.00 bits per heavy atom. The molecule has 0 radical (unpaired) electrons. The first-order valence-corrected chi connectivity index (χ1v) is 6.85. The molecule has 19 heavy (non-hydrogen) atoms. The largest absolute Gasteiger partial charge is 0.496 e. The minimum atomic E-state index is 0.839. The van der Waals surface area contributed by atoms with Crippen LogP contribution in [0.15, 0.2) is 42.5 Å². The zero-order chi connectivity index (χ0) is 13.2. The summed E-state index contributed by atoms with van der Waals surface area (Å²) in [6.45, 7) is 0. The lowest BCUT2D eigenvalue weighted by Gasteiger charge is -2.08. The van der Waals surface area contributed by atoms with Gasteiger partial charge in [-0.25, -0.2) is 4.98 Å². The van der Waals surface area contributed by atoms with E-state index in [2.05, 4.69) is 16.4 Å². The molecule has 3 aromatic rings. The van der Waals surface area contributed by atoms with Gasteiger partial charge in [-0.15, -0.1) is 11.3 Å². The molecule has 0 amide bonds. The van der Waals surface area contributed by atoms with Gasteiger partial charge in [0, 0.05) is 18.8 Å². The van der Waals surface area contributed by atoms with Gasteiger partial charge in [-0.1, -0.05) is 12.1 Å². The second kappa shape index (κ2) is 4.90. The zero-order valence-electron chi connectivity index (χ0n) is 10.8. The topological polar surface area (TPSA) is 34.2 Å². The van der Waals surface area contributed by atoms with E-state index in [0.717, 1.165) is 27.5 Å². The van der Waals surface area contributed by atoms with E-state index in [-0.39, 0.29) is 0 Å². The third-order valence-electron chi connectivity index (χ3n) is 3.01. The molecule has 4 heteroatoms. The van der Waals surface area contributed by atoms with Crippen LogP contribution in [0.4, 0.5) is 5.69 Å². The van der Waals surface area contributed by atoms with Gasteiger partial charge in [0.05, 0.1) is 22.9 Å². The number of para-hydroxylation sites is 1. The molecule has 96 valence electrons. The Hall–Kier alpha value is -2.07. The summed E-state index contributed by atoms with van der Waals surface area (Å²) in [6.07, 6.45) is 0. The Labute approximate surface area is 115 Å². The zero-order valence-corrected chi connectivity index (χ0v) is 11.6. The fraction of sp³-hybridized carbons (Fsp3) is 0.133. The van der Waals surface area contributed by atoms with Gasteiger partial charge < -0.3 is 10.1 Å². The molecule has 2 aromatic carbocycles. The van der Waals surface area contributed by atoms with E-state index in [1.807, 2.05) is 43.4 Å². The smallest absolute Gasteiger partial charge is 0.131 e. The van der Waals surface area contributed by atoms with Crippen molar-refractivity contribution >= 4 is 27.2 Å². The van der Waals surface area contributed by atoms with Crippen molar-refractivity contribution in [3.63, 3.8) is 0 Å². The highest BCUT2D eigenvalue weighted by molar-refractivity contribution is 7.21. The Kier molecular flexibility index (Phi) is 3.09. The van der Waals surface area contributed by atoms with E-state index in [0.29, 0.717) is 0 Å². The molecule has 0 fully saturated rings. The summed E-state index contributed by atoms with van der Waals surface area (Å²) in [5.41, 5.74) is 3.09. The van der Waals surface area contributed by atoms with Gasteiger partial charge >= 0.3 is 0 Å². The van der Waals surface area contributed by atoms with Gasteiger partial charge in [0.25, 0.3) is 0 Å². The molecule has 0 spiro atoms. The van der Waals surface area contributed by atoms with Crippen molar-refractivity contribution in [2.75, 3.05) is 19.5 Å². The van der Waals surface area contributed by atoms with Crippen LogP contribution in [0.5, 0.6) is 5.75 Å². The number of thiazole rings is 1. The van der Waals surface area contributed by atoms with Crippen molar-refractivity contribution in [3.8, 4) is 16.3 Å². The summed E-state index contributed by atoms with van der Waals surface area (Å²) >= 11 is 1.68. The first-order valence-electron chi connectivity index (χ1n) is 6.03. The molecule has 0 aliphatic rings. The van der Waals surface area contributed by atoms with Crippen LogP contribution in [0.3, 0.4) is 0 Å². The van der Waals surface area contributed by atoms with Crippen LogP contribution in [0, 0.1) is 0 Å². The minimum Gasteiger partial charge on any atom is -0.496 e. The molecule has 3 nitrogen and oxygen atoms in total. The van der Waals surface area contributed by atoms with Gasteiger partial charge in [0.1, 0.15) is 10.8 Å². The Morgan fingerprint density at radius 1 is 1.16 bits per heavy atom. The number of anilines is 1. The average molecular weight is 270 g/mol. The van der Waals surface area contributed by atoms with Crippen LogP contribution in [-0.4, -0.2) is 19.1 Å². The van der Waals surface area contributed by atoms with E-state index in [1.54, 1.807) is 18.4 Å². The quantitative estimate of drug-likeness (QED) is 0.780. The third-order valence-corrected chi connectivity index (χ3v) is 4.08. The van der Waals surface area contributed by atoms with Crippen molar-refractivity contribution in [3.05, 3.63) is 42.5 Å². The van der Waals surface area contributed by atoms with E-state index in [9.17, 15) is 0 Å². The number of nitrogens with zero attached hydrogens (tertiary/aromatic N) is 1. The first kappa shape index (κ1) is 12.0. The maximum absolute atomic E-state index is 5.46. The highest BCUT2D eigenvalue weighted by atomic mass is 32.1. The molecule has 0 unspecified atom stereocenters. The van der Waals surface area contributed by atoms with E-state index < -0.39 is 0 Å². The predicted molar refractivity (Wildman–Crippen MR) is 81.2 cm³/mol. The lowest BCUT2D eigenvalue weighted by molar-refractivity contribution is 0.416. The maximum atomic E-state index is 5.46. The Bertz CT molecular complexity index is 688. The summed E-state index contributed by atoms with van der Waals surface area (Å²) in [5.74, 6) is 0.839. The Balaban J connectivity index is 2.15. The molecule has 0 aliphatic heterocycles. The maximum Gasteiger partial charge on any atom is 0.131 e. The van der Waals surface area contributed by atoms with Crippen LogP contribution < -0.4 is 10.1 Å². The Morgan fingerprint density at radius 3 is 2.74 bits per heavy atom. The summed E-state index contributed by atoms with van der Waals surface area (Å²) in [6, 6.07) is 14.2. The van der Waals surface area contributed by atoms with Gasteiger partial charge in [-0.2, -0.15) is 0 Å². The van der Waals surface area contributed by atoms with Gasteiger partial charge in [0.2, 0.25) is 0 Å². The second-order valence-electron chi connectivity index (χ2n) is 4.15. The van der Waals surface area contributed by atoms with Crippen molar-refractivity contribution in [1.29, 1.82) is 0 Å². The lowest BCUT2D eigenvalue weighted by Crippen LogP contribution is -1.92. The van der Waals surface area contributed by atoms with Crippen molar-refractivity contribution in [1.82, 2.24) is 4.98 Å². The molecule has 0 saturated heterocycles. The van der Waals surface area contributed by atoms with Crippen LogP contribution in [-0.2, 0) is 0 Å². The number of hydrogen-bond acceptors (Lipinski definition) is 4. The van der Waals surface area contributed by atoms with Crippen LogP contribution in [0.25, 0.3) is 20.8 Å². The molecule has 0 bridgehead atoms. The van der Waals surface area contributed by atoms with Crippen LogP contribution in [0.1, 0.15) is 0 Å². The number of rotatable bonds is 3. The first-order chi connectivity index (χ1) is 9.31. The summed E-state index contributed by atoms with van der Waals surface area (Å²) < 4.78 is 6.66. The average Bonchev–Trinajstić information content (AvgIpc) is 2.90. The molecule has 0 atom stereocenters. The van der Waals surface area contributed by atoms with E-state index >= 15 is 0 Å². The van der Waals surface area contributed by atoms with E-state index in [4.69, 9.17) is 4.74 Å². The lowest BCUT2D eigenvalue weighted by atomic mass is 10.2. The number of benzene rings is 2. The highest BCUT2D eigenvalue weighted by Crippen LogP contribution is 2.36. The number of hydrogen-bond donors (Lipinski definition) is 1. The molecule has 1 aromatic heterocycles. The van der Waals surface area contributed by atoms with Gasteiger partial charge in [-0.05, 0) is 24.3 Å². The second-order valence-corrected chi connectivity index (χ2v) is 5.18. The standard InChI is InChI=1S/C15H14N2OS/c1-16-10-7-8-11(13(9-10)18-2)15-17-12-5-3-4-6-14(12)19-15/h3-9,16H,1-2H3. The molecule has 0 saturated carbocycles. The number of fused-ring (bicyclic) bond motifs is 1. The van der Waals surface area contributed by atoms with Crippen LogP contribution >= 0.6 is 11.3 Å². The minimum absolute atomic E-state index is 0.839. The van der Waals surface area contributed by atoms with Crippen molar-refractivity contribution < 1.29 is 4.74 Å². The fourth-order valence-corrected chi connectivity index (χ4v) is 3.01. The molecular formula is C15H14N2OS. The van der Waals surface area contributed by atoms with Crippen molar-refractivity contribution in [2.45, 2.75) is 0 Å². The monoisotopic (exact) mass is 270 g/mol. The number of nitrogens with one attached hydrogen (secondary N) is 1. The number of ether oxygens (including phenoxy) is 1. The molecule has 1 heterocycles. The van der Waals surface area contributed by atoms with Gasteiger partial charge in [-0.3, -0.25) is 0 Å². The fourth-order valence-electron chi connectivity index (χ4n) is 2.01. The summed E-state index contributed by atoms with van der Waals surface area (Å²) in [5, 5.41) is 4.10. The normalized spacial score (nSPS) is 10.6. The van der Waals surface area contributed by atoms with E-state index in [1.165, 1.54) is 4.70 Å². The SMILES string of the molecule is CNc1ccc(-c2nc3ccccc3s2)c(OC)c1. The summed E-state index contributed by atoms with van der Waals surface area (Å²) in [4.78, 5) is 4.67. The van der Waals surface area contributed by atoms with Gasteiger partial charge in [0.15, 0.2) is 0 Å². The molecule has 3 rings (SSSR count). The molecule has 0 aliphatic carbocycles.